The van der Waals surface area contributed by atoms with Crippen molar-refractivity contribution in [3.63, 3.8) is 0 Å². The summed E-state index contributed by atoms with van der Waals surface area (Å²) in [6.45, 7) is 0. The van der Waals surface area contributed by atoms with Crippen LogP contribution in [0.2, 0.25) is 0 Å². The Balaban J connectivity index is 2.56. The van der Waals surface area contributed by atoms with Crippen LogP contribution in [0.1, 0.15) is 10.4 Å². The maximum atomic E-state index is 11.3. The lowest BCUT2D eigenvalue weighted by atomic mass is 10.1. The van der Waals surface area contributed by atoms with Gasteiger partial charge in [0, 0.05) is 11.0 Å². The van der Waals surface area contributed by atoms with E-state index in [0.717, 1.165) is 4.90 Å². The number of nitro groups is 1. The zero-order valence-corrected chi connectivity index (χ0v) is 11.9. The summed E-state index contributed by atoms with van der Waals surface area (Å²) in [7, 11) is 0. The molecule has 0 heterocycles. The highest BCUT2D eigenvalue weighted by molar-refractivity contribution is 7.98. The fourth-order valence-corrected chi connectivity index (χ4v) is 2.44. The quantitative estimate of drug-likeness (QED) is 0.496. The van der Waals surface area contributed by atoms with Crippen molar-refractivity contribution < 1.29 is 14.8 Å². The molecular weight excluding hydrogens is 292 g/mol. The normalized spacial score (nSPS) is 10.1. The summed E-state index contributed by atoms with van der Waals surface area (Å²) in [6, 6.07) is 11.2. The second-order valence-electron chi connectivity index (χ2n) is 4.09. The number of benzene rings is 2. The van der Waals surface area contributed by atoms with Crippen LogP contribution in [0, 0.1) is 10.1 Å². The van der Waals surface area contributed by atoms with Crippen molar-refractivity contribution in [2.24, 2.45) is 0 Å². The van der Waals surface area contributed by atoms with Crippen molar-refractivity contribution in [2.45, 2.75) is 4.90 Å². The number of hydrogen-bond acceptors (Lipinski definition) is 5. The molecule has 0 bridgehead atoms. The van der Waals surface area contributed by atoms with Crippen LogP contribution in [0.25, 0.3) is 0 Å². The maximum Gasteiger partial charge on any atom is 0.338 e. The Labute approximate surface area is 125 Å². The number of nitrogens with one attached hydrogen (secondary N) is 1. The van der Waals surface area contributed by atoms with E-state index in [4.69, 9.17) is 0 Å². The van der Waals surface area contributed by atoms with Gasteiger partial charge in [-0.25, -0.2) is 4.79 Å². The van der Waals surface area contributed by atoms with E-state index in [1.807, 2.05) is 18.4 Å². The standard InChI is InChI=1S/C14H12N2O4S/c1-21-12-8-3-2-6-10(12)15-13-9(14(17)18)5-4-7-11(13)16(19)20/h2-8,15H,1H3,(H,17,18). The van der Waals surface area contributed by atoms with Crippen molar-refractivity contribution in [1.29, 1.82) is 0 Å². The Bertz CT molecular complexity index is 671. The molecule has 108 valence electrons. The third-order valence-electron chi connectivity index (χ3n) is 2.84. The smallest absolute Gasteiger partial charge is 0.338 e. The predicted octanol–water partition coefficient (Wildman–Crippen LogP) is 3.76. The average molecular weight is 304 g/mol. The van der Waals surface area contributed by atoms with Crippen molar-refractivity contribution >= 4 is 34.8 Å². The molecule has 0 saturated carbocycles. The fourth-order valence-electron chi connectivity index (χ4n) is 1.88. The van der Waals surface area contributed by atoms with Crippen LogP contribution in [0.5, 0.6) is 0 Å². The Morgan fingerprint density at radius 1 is 1.24 bits per heavy atom. The Morgan fingerprint density at radius 3 is 2.57 bits per heavy atom. The molecule has 2 aromatic carbocycles. The zero-order valence-electron chi connectivity index (χ0n) is 11.1. The molecule has 6 nitrogen and oxygen atoms in total. The van der Waals surface area contributed by atoms with E-state index >= 15 is 0 Å². The topological polar surface area (TPSA) is 92.5 Å². The SMILES string of the molecule is CSc1ccccc1Nc1c(C(=O)O)cccc1[N+](=O)[O-]. The number of carbonyl (C=O) groups is 1. The maximum absolute atomic E-state index is 11.3. The van der Waals surface area contributed by atoms with Crippen LogP contribution in [0.15, 0.2) is 47.4 Å². The molecule has 2 aromatic rings. The first-order valence-corrected chi connectivity index (χ1v) is 7.17. The van der Waals surface area contributed by atoms with Crippen molar-refractivity contribution in [3.05, 3.63) is 58.1 Å². The lowest BCUT2D eigenvalue weighted by Gasteiger charge is -2.12. The van der Waals surface area contributed by atoms with Gasteiger partial charge in [0.15, 0.2) is 0 Å². The van der Waals surface area contributed by atoms with Gasteiger partial charge in [-0.1, -0.05) is 18.2 Å². The number of carboxylic acid groups (broad SMARTS) is 1. The number of thioether (sulfide) groups is 1. The molecule has 21 heavy (non-hydrogen) atoms. The predicted molar refractivity (Wildman–Crippen MR) is 81.6 cm³/mol. The van der Waals surface area contributed by atoms with Crippen molar-refractivity contribution in [1.82, 2.24) is 0 Å². The first kappa shape index (κ1) is 14.9. The molecule has 0 amide bonds. The molecular formula is C14H12N2O4S. The van der Waals surface area contributed by atoms with Crippen LogP contribution in [-0.4, -0.2) is 22.3 Å². The van der Waals surface area contributed by atoms with Crippen LogP contribution < -0.4 is 5.32 Å². The molecule has 0 aromatic heterocycles. The van der Waals surface area contributed by atoms with Gasteiger partial charge in [-0.2, -0.15) is 0 Å². The number of hydrogen-bond donors (Lipinski definition) is 2. The van der Waals surface area contributed by atoms with Gasteiger partial charge in [0.05, 0.1) is 16.2 Å². The first-order valence-electron chi connectivity index (χ1n) is 5.95. The van der Waals surface area contributed by atoms with E-state index in [0.29, 0.717) is 5.69 Å². The van der Waals surface area contributed by atoms with Gasteiger partial charge in [0.1, 0.15) is 5.69 Å². The molecule has 0 unspecified atom stereocenters. The molecule has 0 spiro atoms. The monoisotopic (exact) mass is 304 g/mol. The summed E-state index contributed by atoms with van der Waals surface area (Å²) in [4.78, 5) is 22.6. The van der Waals surface area contributed by atoms with Gasteiger partial charge in [0.25, 0.3) is 5.69 Å². The van der Waals surface area contributed by atoms with Gasteiger partial charge in [-0.15, -0.1) is 11.8 Å². The molecule has 0 fully saturated rings. The highest BCUT2D eigenvalue weighted by atomic mass is 32.2. The highest BCUT2D eigenvalue weighted by Crippen LogP contribution is 2.34. The largest absolute Gasteiger partial charge is 0.478 e. The third kappa shape index (κ3) is 3.14. The molecule has 2 N–H and O–H groups in total. The number of anilines is 2. The molecule has 0 aliphatic heterocycles. The molecule has 0 saturated heterocycles. The Hall–Kier alpha value is -2.54. The third-order valence-corrected chi connectivity index (χ3v) is 3.63. The zero-order chi connectivity index (χ0) is 15.4. The number of rotatable bonds is 5. The summed E-state index contributed by atoms with van der Waals surface area (Å²) >= 11 is 1.46. The van der Waals surface area contributed by atoms with E-state index < -0.39 is 10.9 Å². The summed E-state index contributed by atoms with van der Waals surface area (Å²) < 4.78 is 0. The fraction of sp³-hybridized carbons (Fsp3) is 0.0714. The van der Waals surface area contributed by atoms with Gasteiger partial charge in [-0.05, 0) is 24.5 Å². The van der Waals surface area contributed by atoms with Crippen LogP contribution in [0.4, 0.5) is 17.1 Å². The Kier molecular flexibility index (Phi) is 4.44. The second-order valence-corrected chi connectivity index (χ2v) is 4.94. The number of aromatic carboxylic acids is 1. The molecule has 0 atom stereocenters. The molecule has 7 heteroatoms. The number of para-hydroxylation sites is 2. The van der Waals surface area contributed by atoms with E-state index in [1.165, 1.54) is 30.0 Å². The molecule has 0 radical (unpaired) electrons. The second kappa shape index (κ2) is 6.27. The summed E-state index contributed by atoms with van der Waals surface area (Å²) in [5.41, 5.74) is 0.198. The van der Waals surface area contributed by atoms with Crippen LogP contribution >= 0.6 is 11.8 Å². The van der Waals surface area contributed by atoms with Crippen molar-refractivity contribution in [3.8, 4) is 0 Å². The lowest BCUT2D eigenvalue weighted by Crippen LogP contribution is -2.06. The number of carboxylic acids is 1. The first-order chi connectivity index (χ1) is 10.0. The van der Waals surface area contributed by atoms with E-state index in [-0.39, 0.29) is 16.9 Å². The molecule has 2 rings (SSSR count). The van der Waals surface area contributed by atoms with Crippen molar-refractivity contribution in [2.75, 3.05) is 11.6 Å². The van der Waals surface area contributed by atoms with Crippen LogP contribution in [0.3, 0.4) is 0 Å². The van der Waals surface area contributed by atoms with E-state index in [2.05, 4.69) is 5.32 Å². The van der Waals surface area contributed by atoms with Crippen LogP contribution in [-0.2, 0) is 0 Å². The minimum atomic E-state index is -1.22. The Morgan fingerprint density at radius 2 is 1.95 bits per heavy atom. The number of nitrogens with zero attached hydrogens (tertiary/aromatic N) is 1. The van der Waals surface area contributed by atoms with Gasteiger partial charge in [0.2, 0.25) is 0 Å². The van der Waals surface area contributed by atoms with E-state index in [1.54, 1.807) is 12.1 Å². The summed E-state index contributed by atoms with van der Waals surface area (Å²) in [5.74, 6) is -1.22. The molecule has 0 aliphatic rings. The highest BCUT2D eigenvalue weighted by Gasteiger charge is 2.22. The van der Waals surface area contributed by atoms with Gasteiger partial charge < -0.3 is 10.4 Å². The lowest BCUT2D eigenvalue weighted by molar-refractivity contribution is -0.383. The van der Waals surface area contributed by atoms with Gasteiger partial charge in [-0.3, -0.25) is 10.1 Å². The summed E-state index contributed by atoms with van der Waals surface area (Å²) in [5, 5.41) is 23.2. The minimum Gasteiger partial charge on any atom is -0.478 e. The summed E-state index contributed by atoms with van der Waals surface area (Å²) in [6.07, 6.45) is 1.87. The molecule has 0 aliphatic carbocycles. The van der Waals surface area contributed by atoms with Gasteiger partial charge >= 0.3 is 5.97 Å². The minimum absolute atomic E-state index is 0.0171. The number of nitro benzene ring substituents is 1. The van der Waals surface area contributed by atoms with E-state index in [9.17, 15) is 20.0 Å². The average Bonchev–Trinajstić information content (AvgIpc) is 2.47.